The van der Waals surface area contributed by atoms with Crippen molar-refractivity contribution in [3.63, 3.8) is 0 Å². The topological polar surface area (TPSA) is 55.6 Å². The number of hydrogen-bond donors (Lipinski definition) is 1. The first-order valence-corrected chi connectivity index (χ1v) is 6.96. The molecular formula is C12H19N5S. The second-order valence-electron chi connectivity index (χ2n) is 4.70. The van der Waals surface area contributed by atoms with E-state index in [1.807, 2.05) is 4.68 Å². The van der Waals surface area contributed by atoms with Crippen LogP contribution in [0.4, 0.5) is 0 Å². The van der Waals surface area contributed by atoms with Gasteiger partial charge in [-0.05, 0) is 36.4 Å². The molecule has 0 radical (unpaired) electrons. The van der Waals surface area contributed by atoms with Crippen molar-refractivity contribution in [2.75, 3.05) is 0 Å². The summed E-state index contributed by atoms with van der Waals surface area (Å²) in [5, 5.41) is 15.3. The molecule has 5 nitrogen and oxygen atoms in total. The Labute approximate surface area is 111 Å². The predicted octanol–water partition coefficient (Wildman–Crippen LogP) is 2.15. The van der Waals surface area contributed by atoms with E-state index < -0.39 is 0 Å². The Hall–Kier alpha value is -1.27. The predicted molar refractivity (Wildman–Crippen MR) is 72.7 cm³/mol. The van der Waals surface area contributed by atoms with E-state index in [4.69, 9.17) is 0 Å². The summed E-state index contributed by atoms with van der Waals surface area (Å²) in [6.45, 7) is 9.15. The van der Waals surface area contributed by atoms with Crippen molar-refractivity contribution in [1.29, 1.82) is 0 Å². The van der Waals surface area contributed by atoms with Gasteiger partial charge in [-0.2, -0.15) is 0 Å². The van der Waals surface area contributed by atoms with Crippen LogP contribution in [-0.4, -0.2) is 26.2 Å². The standard InChI is InChI=1S/C12H19N5S/c1-8(2)13-7-12-14-15-16-17(12)10(4)11-6-5-9(3)18-11/h5-6,8,10,13H,7H2,1-4H3. The number of thiophene rings is 1. The molecule has 0 saturated heterocycles. The van der Waals surface area contributed by atoms with E-state index in [-0.39, 0.29) is 6.04 Å². The van der Waals surface area contributed by atoms with Gasteiger partial charge in [0.25, 0.3) is 0 Å². The lowest BCUT2D eigenvalue weighted by Crippen LogP contribution is -2.25. The third-order valence-corrected chi connectivity index (χ3v) is 3.94. The molecule has 1 N–H and O–H groups in total. The molecule has 0 aliphatic rings. The van der Waals surface area contributed by atoms with Crippen LogP contribution in [-0.2, 0) is 6.54 Å². The second kappa shape index (κ2) is 5.58. The van der Waals surface area contributed by atoms with Crippen molar-refractivity contribution in [3.8, 4) is 0 Å². The number of tetrazole rings is 1. The van der Waals surface area contributed by atoms with Crippen molar-refractivity contribution in [3.05, 3.63) is 27.7 Å². The number of nitrogens with zero attached hydrogens (tertiary/aromatic N) is 4. The zero-order valence-corrected chi connectivity index (χ0v) is 12.0. The van der Waals surface area contributed by atoms with Gasteiger partial charge in [0, 0.05) is 15.8 Å². The SMILES string of the molecule is Cc1ccc(C(C)n2nnnc2CNC(C)C)s1. The van der Waals surface area contributed by atoms with Gasteiger partial charge >= 0.3 is 0 Å². The van der Waals surface area contributed by atoms with E-state index in [0.717, 1.165) is 5.82 Å². The molecule has 0 fully saturated rings. The highest BCUT2D eigenvalue weighted by Gasteiger charge is 2.16. The molecule has 18 heavy (non-hydrogen) atoms. The van der Waals surface area contributed by atoms with Gasteiger partial charge in [0.1, 0.15) is 0 Å². The Morgan fingerprint density at radius 3 is 2.72 bits per heavy atom. The lowest BCUT2D eigenvalue weighted by atomic mass is 10.2. The quantitative estimate of drug-likeness (QED) is 0.900. The summed E-state index contributed by atoms with van der Waals surface area (Å²) >= 11 is 1.79. The average Bonchev–Trinajstić information content (AvgIpc) is 2.93. The highest BCUT2D eigenvalue weighted by atomic mass is 32.1. The molecule has 2 aromatic heterocycles. The highest BCUT2D eigenvalue weighted by molar-refractivity contribution is 7.12. The molecule has 2 rings (SSSR count). The molecule has 2 heterocycles. The average molecular weight is 265 g/mol. The minimum atomic E-state index is 0.183. The number of hydrogen-bond acceptors (Lipinski definition) is 5. The van der Waals surface area contributed by atoms with E-state index in [1.165, 1.54) is 9.75 Å². The maximum absolute atomic E-state index is 4.10. The lowest BCUT2D eigenvalue weighted by molar-refractivity contribution is 0.494. The maximum Gasteiger partial charge on any atom is 0.165 e. The van der Waals surface area contributed by atoms with Crippen LogP contribution in [0.25, 0.3) is 0 Å². The highest BCUT2D eigenvalue weighted by Crippen LogP contribution is 2.25. The van der Waals surface area contributed by atoms with Gasteiger partial charge in [-0.15, -0.1) is 16.4 Å². The smallest absolute Gasteiger partial charge is 0.165 e. The first-order valence-electron chi connectivity index (χ1n) is 6.14. The number of aryl methyl sites for hydroxylation is 1. The molecule has 0 spiro atoms. The first-order chi connectivity index (χ1) is 8.58. The van der Waals surface area contributed by atoms with Gasteiger partial charge < -0.3 is 5.32 Å². The lowest BCUT2D eigenvalue weighted by Gasteiger charge is -2.13. The van der Waals surface area contributed by atoms with Crippen LogP contribution < -0.4 is 5.32 Å². The molecule has 6 heteroatoms. The van der Waals surface area contributed by atoms with Gasteiger partial charge in [-0.25, -0.2) is 4.68 Å². The number of aromatic nitrogens is 4. The van der Waals surface area contributed by atoms with Gasteiger partial charge in [-0.3, -0.25) is 0 Å². The summed E-state index contributed by atoms with van der Waals surface area (Å²) in [5.41, 5.74) is 0. The molecule has 0 bridgehead atoms. The summed E-state index contributed by atoms with van der Waals surface area (Å²) in [4.78, 5) is 2.59. The molecule has 0 aliphatic heterocycles. The van der Waals surface area contributed by atoms with E-state index in [1.54, 1.807) is 11.3 Å². The Morgan fingerprint density at radius 1 is 1.33 bits per heavy atom. The molecular weight excluding hydrogens is 246 g/mol. The zero-order valence-electron chi connectivity index (χ0n) is 11.2. The summed E-state index contributed by atoms with van der Waals surface area (Å²) in [6.07, 6.45) is 0. The molecule has 0 aliphatic carbocycles. The normalized spacial score (nSPS) is 13.2. The van der Waals surface area contributed by atoms with Crippen LogP contribution in [0.3, 0.4) is 0 Å². The largest absolute Gasteiger partial charge is 0.308 e. The van der Waals surface area contributed by atoms with Crippen LogP contribution in [0.5, 0.6) is 0 Å². The first kappa shape index (κ1) is 13.2. The van der Waals surface area contributed by atoms with E-state index >= 15 is 0 Å². The van der Waals surface area contributed by atoms with E-state index in [2.05, 4.69) is 60.7 Å². The maximum atomic E-state index is 4.10. The van der Waals surface area contributed by atoms with Crippen molar-refractivity contribution in [2.24, 2.45) is 0 Å². The van der Waals surface area contributed by atoms with Crippen LogP contribution in [0, 0.1) is 6.92 Å². The minimum Gasteiger partial charge on any atom is -0.308 e. The second-order valence-corrected chi connectivity index (χ2v) is 6.02. The summed E-state index contributed by atoms with van der Waals surface area (Å²) in [5.74, 6) is 0.877. The Kier molecular flexibility index (Phi) is 4.08. The molecule has 1 unspecified atom stereocenters. The van der Waals surface area contributed by atoms with Gasteiger partial charge in [-0.1, -0.05) is 13.8 Å². The molecule has 0 amide bonds. The Balaban J connectivity index is 2.15. The van der Waals surface area contributed by atoms with Crippen molar-refractivity contribution >= 4 is 11.3 Å². The van der Waals surface area contributed by atoms with Crippen LogP contribution in [0.2, 0.25) is 0 Å². The molecule has 2 aromatic rings. The van der Waals surface area contributed by atoms with Crippen molar-refractivity contribution in [2.45, 2.75) is 46.3 Å². The van der Waals surface area contributed by atoms with Gasteiger partial charge in [0.05, 0.1) is 12.6 Å². The fraction of sp³-hybridized carbons (Fsp3) is 0.583. The molecule has 1 atom stereocenters. The van der Waals surface area contributed by atoms with E-state index in [9.17, 15) is 0 Å². The van der Waals surface area contributed by atoms with Crippen molar-refractivity contribution in [1.82, 2.24) is 25.5 Å². The number of rotatable bonds is 5. The fourth-order valence-electron chi connectivity index (χ4n) is 1.72. The van der Waals surface area contributed by atoms with Crippen LogP contribution in [0.1, 0.15) is 42.4 Å². The third kappa shape index (κ3) is 2.94. The Bertz CT molecular complexity index is 502. The summed E-state index contributed by atoms with van der Waals surface area (Å²) in [7, 11) is 0. The van der Waals surface area contributed by atoms with E-state index in [0.29, 0.717) is 12.6 Å². The van der Waals surface area contributed by atoms with Gasteiger partial charge in [0.2, 0.25) is 0 Å². The third-order valence-electron chi connectivity index (χ3n) is 2.77. The molecule has 98 valence electrons. The summed E-state index contributed by atoms with van der Waals surface area (Å²) < 4.78 is 1.89. The van der Waals surface area contributed by atoms with Crippen LogP contribution in [0.15, 0.2) is 12.1 Å². The fourth-order valence-corrected chi connectivity index (χ4v) is 2.64. The van der Waals surface area contributed by atoms with Gasteiger partial charge in [0.15, 0.2) is 5.82 Å². The number of nitrogens with one attached hydrogen (secondary N) is 1. The molecule has 0 aromatic carbocycles. The zero-order chi connectivity index (χ0) is 13.1. The monoisotopic (exact) mass is 265 g/mol. The summed E-state index contributed by atoms with van der Waals surface area (Å²) in [6, 6.07) is 4.89. The minimum absolute atomic E-state index is 0.183. The Morgan fingerprint density at radius 2 is 2.11 bits per heavy atom. The molecule has 0 saturated carbocycles. The van der Waals surface area contributed by atoms with Crippen LogP contribution >= 0.6 is 11.3 Å². The van der Waals surface area contributed by atoms with Crippen molar-refractivity contribution < 1.29 is 0 Å².